The van der Waals surface area contributed by atoms with E-state index < -0.39 is 51.4 Å². The first-order chi connectivity index (χ1) is 18.0. The van der Waals surface area contributed by atoms with E-state index in [2.05, 4.69) is 20.8 Å². The van der Waals surface area contributed by atoms with Crippen molar-refractivity contribution in [3.63, 3.8) is 0 Å². The molecular formula is C21H25N7O7S3. The molecule has 2 aromatic rings. The Kier molecular flexibility index (Phi) is 8.41. The molecule has 17 heteroatoms. The Morgan fingerprint density at radius 2 is 2.03 bits per heavy atom. The molecular weight excluding hydrogens is 558 g/mol. The van der Waals surface area contributed by atoms with Crippen LogP contribution in [0.15, 0.2) is 46.8 Å². The molecule has 0 aliphatic carbocycles. The van der Waals surface area contributed by atoms with Gasteiger partial charge in [0.25, 0.3) is 11.8 Å². The first-order valence-corrected chi connectivity index (χ1v) is 15.1. The van der Waals surface area contributed by atoms with Gasteiger partial charge in [0.1, 0.15) is 17.1 Å². The molecule has 0 saturated carbocycles. The van der Waals surface area contributed by atoms with Crippen molar-refractivity contribution in [2.75, 3.05) is 17.3 Å². The number of carboxylic acids is 1. The van der Waals surface area contributed by atoms with E-state index in [0.717, 1.165) is 16.7 Å². The number of fused-ring (bicyclic) bond motifs is 1. The number of β-lactam (4-membered cyclic amide) rings is 1. The molecule has 0 spiro atoms. The van der Waals surface area contributed by atoms with Crippen molar-refractivity contribution in [3.05, 3.63) is 47.2 Å². The summed E-state index contributed by atoms with van der Waals surface area (Å²) in [6, 6.07) is 6.66. The minimum Gasteiger partial charge on any atom is -0.477 e. The number of rotatable bonds is 11. The fourth-order valence-corrected chi connectivity index (χ4v) is 7.45. The Hall–Kier alpha value is -2.99. The second-order valence-electron chi connectivity index (χ2n) is 8.55. The second-order valence-corrected chi connectivity index (χ2v) is 12.3. The third kappa shape index (κ3) is 5.85. The number of hydrogen-bond acceptors (Lipinski definition) is 11. The molecule has 1 saturated heterocycles. The van der Waals surface area contributed by atoms with Crippen LogP contribution < -0.4 is 10.5 Å². The largest absolute Gasteiger partial charge is 0.477 e. The molecule has 5 N–H and O–H groups in total. The molecule has 204 valence electrons. The molecule has 1 fully saturated rings. The van der Waals surface area contributed by atoms with Crippen LogP contribution in [0.3, 0.4) is 0 Å². The quantitative estimate of drug-likeness (QED) is 0.194. The van der Waals surface area contributed by atoms with Crippen LogP contribution in [0.1, 0.15) is 31.1 Å². The van der Waals surface area contributed by atoms with Gasteiger partial charge in [-0.3, -0.25) is 14.5 Å². The lowest BCUT2D eigenvalue weighted by atomic mass is 10.0. The molecule has 2 aliphatic rings. The van der Waals surface area contributed by atoms with E-state index in [1.165, 1.54) is 16.4 Å². The summed E-state index contributed by atoms with van der Waals surface area (Å²) in [5.74, 6) is -2.63. The summed E-state index contributed by atoms with van der Waals surface area (Å²) in [4.78, 5) is 38.7. The Balaban J connectivity index is 1.46. The third-order valence-electron chi connectivity index (χ3n) is 5.99. The lowest BCUT2D eigenvalue weighted by Gasteiger charge is -2.49. The summed E-state index contributed by atoms with van der Waals surface area (Å²) in [6.07, 6.45) is -1.08. The van der Waals surface area contributed by atoms with E-state index in [1.807, 2.05) is 0 Å². The average molecular weight is 584 g/mol. The highest BCUT2D eigenvalue weighted by atomic mass is 32.2. The van der Waals surface area contributed by atoms with Gasteiger partial charge in [0.05, 0.1) is 11.8 Å². The van der Waals surface area contributed by atoms with Crippen molar-refractivity contribution in [2.45, 2.75) is 42.1 Å². The van der Waals surface area contributed by atoms with E-state index >= 15 is 0 Å². The summed E-state index contributed by atoms with van der Waals surface area (Å²) in [5.41, 5.74) is 0.628. The summed E-state index contributed by atoms with van der Waals surface area (Å²) >= 11 is 2.39. The van der Waals surface area contributed by atoms with Crippen LogP contribution in [0.5, 0.6) is 0 Å². The maximum absolute atomic E-state index is 12.9. The summed E-state index contributed by atoms with van der Waals surface area (Å²) in [5, 5.41) is 38.9. The first-order valence-electron chi connectivity index (χ1n) is 11.4. The van der Waals surface area contributed by atoms with Gasteiger partial charge in [0, 0.05) is 11.5 Å². The fraction of sp³-hybridized carbons (Fsp3) is 0.429. The maximum atomic E-state index is 12.9. The van der Waals surface area contributed by atoms with Crippen molar-refractivity contribution >= 4 is 51.3 Å². The van der Waals surface area contributed by atoms with Crippen molar-refractivity contribution in [1.29, 1.82) is 0 Å². The minimum atomic E-state index is -3.79. The number of aliphatic hydroxyl groups is 1. The van der Waals surface area contributed by atoms with Gasteiger partial charge in [-0.1, -0.05) is 49.0 Å². The molecule has 3 heterocycles. The van der Waals surface area contributed by atoms with Gasteiger partial charge in [-0.2, -0.15) is 0 Å². The van der Waals surface area contributed by atoms with Crippen LogP contribution in [-0.2, 0) is 24.4 Å². The third-order valence-corrected chi connectivity index (χ3v) is 9.20. The predicted octanol–water partition coefficient (Wildman–Crippen LogP) is -0.523. The van der Waals surface area contributed by atoms with Crippen LogP contribution in [0, 0.1) is 0 Å². The Bertz CT molecular complexity index is 1370. The van der Waals surface area contributed by atoms with Crippen molar-refractivity contribution in [2.24, 2.45) is 5.14 Å². The number of hydrogen-bond donors (Lipinski definition) is 4. The molecule has 1 aromatic carbocycles. The van der Waals surface area contributed by atoms with Gasteiger partial charge in [-0.05, 0) is 28.0 Å². The van der Waals surface area contributed by atoms with E-state index in [0.29, 0.717) is 17.6 Å². The van der Waals surface area contributed by atoms with E-state index in [4.69, 9.17) is 5.14 Å². The highest BCUT2D eigenvalue weighted by molar-refractivity contribution is 8.01. The summed E-state index contributed by atoms with van der Waals surface area (Å²) in [6.45, 7) is 1.76. The number of carbonyl (C=O) groups is 3. The number of benzene rings is 1. The van der Waals surface area contributed by atoms with Gasteiger partial charge >= 0.3 is 5.97 Å². The van der Waals surface area contributed by atoms with Gasteiger partial charge < -0.3 is 15.5 Å². The zero-order chi connectivity index (χ0) is 27.6. The number of amides is 2. The van der Waals surface area contributed by atoms with Crippen LogP contribution in [0.25, 0.3) is 0 Å². The molecule has 2 aliphatic heterocycles. The van der Waals surface area contributed by atoms with Crippen molar-refractivity contribution in [3.8, 4) is 0 Å². The Labute approximate surface area is 226 Å². The topological polar surface area (TPSA) is 211 Å². The SMILES string of the molecule is CCC(CS(N)(=O)=O)n1nnnc1SCC1=C(C(=O)O)N2C(=O)C(NC(=O)[C@H](O)c3ccccc3)[C@H]2SC1. The lowest BCUT2D eigenvalue weighted by molar-refractivity contribution is -0.151. The van der Waals surface area contributed by atoms with Gasteiger partial charge in [0.2, 0.25) is 15.2 Å². The Morgan fingerprint density at radius 3 is 2.66 bits per heavy atom. The van der Waals surface area contributed by atoms with Crippen LogP contribution >= 0.6 is 23.5 Å². The maximum Gasteiger partial charge on any atom is 0.352 e. The number of aliphatic carboxylic acids is 1. The number of carboxylic acid groups (broad SMARTS) is 1. The van der Waals surface area contributed by atoms with Crippen molar-refractivity contribution < 1.29 is 33.0 Å². The molecule has 0 radical (unpaired) electrons. The number of nitrogens with one attached hydrogen (secondary N) is 1. The highest BCUT2D eigenvalue weighted by Gasteiger charge is 2.54. The normalized spacial score (nSPS) is 20.9. The van der Waals surface area contributed by atoms with Crippen LogP contribution in [0.4, 0.5) is 0 Å². The van der Waals surface area contributed by atoms with Gasteiger partial charge in [-0.15, -0.1) is 16.9 Å². The first kappa shape index (κ1) is 28.0. The number of carbonyl (C=O) groups excluding carboxylic acids is 2. The molecule has 2 amide bonds. The lowest BCUT2D eigenvalue weighted by Crippen LogP contribution is -2.70. The van der Waals surface area contributed by atoms with Gasteiger partial charge in [0.15, 0.2) is 6.10 Å². The highest BCUT2D eigenvalue weighted by Crippen LogP contribution is 2.41. The fourth-order valence-electron chi connectivity index (χ4n) is 4.10. The number of nitrogens with two attached hydrogens (primary N) is 1. The standard InChI is InChI=1S/C21H25N7O7S3/c1-2-13(10-38(22,34)35)28-21(24-25-26-28)37-9-12-8-36-19-14(18(31)27(19)15(12)20(32)33)23-17(30)16(29)11-6-4-3-5-7-11/h3-7,13-14,16,19,29H,2,8-10H2,1H3,(H,23,30)(H,32,33)(H2,22,34,35)/t13?,14?,16-,19-/m1/s1. The molecule has 38 heavy (non-hydrogen) atoms. The van der Waals surface area contributed by atoms with E-state index in [1.54, 1.807) is 37.3 Å². The minimum absolute atomic E-state index is 0.126. The van der Waals surface area contributed by atoms with E-state index in [-0.39, 0.29) is 28.1 Å². The second kappa shape index (κ2) is 11.4. The molecule has 0 bridgehead atoms. The molecule has 1 aromatic heterocycles. The summed E-state index contributed by atoms with van der Waals surface area (Å²) in [7, 11) is -3.79. The van der Waals surface area contributed by atoms with Gasteiger partial charge in [-0.25, -0.2) is 23.0 Å². The number of thioether (sulfide) groups is 2. The monoisotopic (exact) mass is 583 g/mol. The smallest absolute Gasteiger partial charge is 0.352 e. The molecule has 4 atom stereocenters. The molecule has 14 nitrogen and oxygen atoms in total. The number of sulfonamides is 1. The van der Waals surface area contributed by atoms with Crippen LogP contribution in [-0.4, -0.2) is 90.2 Å². The zero-order valence-electron chi connectivity index (χ0n) is 20.0. The zero-order valence-corrected chi connectivity index (χ0v) is 22.4. The molecule has 4 rings (SSSR count). The average Bonchev–Trinajstić information content (AvgIpc) is 3.36. The van der Waals surface area contributed by atoms with Crippen molar-refractivity contribution in [1.82, 2.24) is 30.4 Å². The van der Waals surface area contributed by atoms with Crippen LogP contribution in [0.2, 0.25) is 0 Å². The number of aliphatic hydroxyl groups excluding tert-OH is 1. The predicted molar refractivity (Wildman–Crippen MR) is 137 cm³/mol. The number of aromatic nitrogens is 4. The van der Waals surface area contributed by atoms with E-state index in [9.17, 15) is 33.0 Å². The number of primary sulfonamides is 1. The number of nitrogens with zero attached hydrogens (tertiary/aromatic N) is 5. The molecule has 2 unspecified atom stereocenters. The number of tetrazole rings is 1. The summed E-state index contributed by atoms with van der Waals surface area (Å²) < 4.78 is 24.5. The Morgan fingerprint density at radius 1 is 1.32 bits per heavy atom.